The summed E-state index contributed by atoms with van der Waals surface area (Å²) in [6.45, 7) is 7.94. The number of rotatable bonds is 9. The van der Waals surface area contributed by atoms with E-state index in [1.54, 1.807) is 32.9 Å². The Morgan fingerprint density at radius 2 is 2.00 bits per heavy atom. The van der Waals surface area contributed by atoms with E-state index >= 15 is 0 Å². The Hall–Kier alpha value is -1.96. The molecule has 1 heterocycles. The molecule has 0 aromatic carbocycles. The van der Waals surface area contributed by atoms with Crippen LogP contribution in [0.1, 0.15) is 27.7 Å². The molecule has 1 rings (SSSR count). The van der Waals surface area contributed by atoms with E-state index in [1.807, 2.05) is 6.92 Å². The minimum Gasteiger partial charge on any atom is -0.468 e. The fourth-order valence-electron chi connectivity index (χ4n) is 3.07. The summed E-state index contributed by atoms with van der Waals surface area (Å²) in [5, 5.41) is 0.431. The quantitative estimate of drug-likeness (QED) is 0.355. The van der Waals surface area contributed by atoms with Crippen molar-refractivity contribution in [2.24, 2.45) is 22.6 Å². The van der Waals surface area contributed by atoms with Crippen LogP contribution in [-0.2, 0) is 23.8 Å². The maximum atomic E-state index is 12.8. The Morgan fingerprint density at radius 1 is 1.32 bits per heavy atom. The number of carbonyl (C=O) groups excluding carboxylic acids is 2. The summed E-state index contributed by atoms with van der Waals surface area (Å²) in [6.07, 6.45) is 3.49. The molecule has 28 heavy (non-hydrogen) atoms. The number of esters is 2. The van der Waals surface area contributed by atoms with Gasteiger partial charge in [0.15, 0.2) is 0 Å². The first-order valence-electron chi connectivity index (χ1n) is 9.13. The molecule has 0 amide bonds. The first-order chi connectivity index (χ1) is 13.3. The predicted molar refractivity (Wildman–Crippen MR) is 109 cm³/mol. The fraction of sp³-hybridized carbons (Fsp3) is 0.550. The second-order valence-corrected chi connectivity index (χ2v) is 6.59. The van der Waals surface area contributed by atoms with Crippen molar-refractivity contribution >= 4 is 29.3 Å². The lowest BCUT2D eigenvalue weighted by atomic mass is 9.75. The van der Waals surface area contributed by atoms with Crippen LogP contribution in [0.4, 0.5) is 0 Å². The molecule has 2 N–H and O–H groups in total. The zero-order chi connectivity index (χ0) is 21.3. The van der Waals surface area contributed by atoms with Crippen LogP contribution in [-0.4, -0.2) is 51.1 Å². The number of hydrogen-bond donors (Lipinski definition) is 1. The first kappa shape index (κ1) is 24.1. The Bertz CT molecular complexity index is 709. The van der Waals surface area contributed by atoms with Gasteiger partial charge in [0.25, 0.3) is 0 Å². The molecule has 0 radical (unpaired) electrons. The van der Waals surface area contributed by atoms with Crippen LogP contribution in [0, 0.1) is 11.8 Å². The van der Waals surface area contributed by atoms with E-state index in [0.29, 0.717) is 35.2 Å². The molecular formula is C20H29ClN2O5. The van der Waals surface area contributed by atoms with Gasteiger partial charge in [0.05, 0.1) is 38.2 Å². The molecule has 1 aliphatic heterocycles. The lowest BCUT2D eigenvalue weighted by Gasteiger charge is -2.32. The number of hydrogen-bond acceptors (Lipinski definition) is 7. The highest BCUT2D eigenvalue weighted by atomic mass is 35.5. The number of allylic oxidation sites excluding steroid dienone is 4. The molecule has 2 unspecified atom stereocenters. The number of ether oxygens (including phenoxy) is 3. The van der Waals surface area contributed by atoms with Crippen LogP contribution < -0.4 is 5.73 Å². The smallest absolute Gasteiger partial charge is 0.336 e. The average Bonchev–Trinajstić information content (AvgIpc) is 2.66. The van der Waals surface area contributed by atoms with Gasteiger partial charge >= 0.3 is 11.9 Å². The van der Waals surface area contributed by atoms with Crippen molar-refractivity contribution in [1.29, 1.82) is 0 Å². The summed E-state index contributed by atoms with van der Waals surface area (Å²) in [6, 6.07) is 0. The molecule has 0 aliphatic carbocycles. The van der Waals surface area contributed by atoms with Crippen LogP contribution in [0.2, 0.25) is 0 Å². The second kappa shape index (κ2) is 11.8. The van der Waals surface area contributed by atoms with Crippen molar-refractivity contribution in [2.75, 3.05) is 33.5 Å². The molecule has 0 saturated carbocycles. The molecule has 7 nitrogen and oxygen atoms in total. The van der Waals surface area contributed by atoms with Crippen LogP contribution in [0.5, 0.6) is 0 Å². The van der Waals surface area contributed by atoms with E-state index in [2.05, 4.69) is 4.99 Å². The van der Waals surface area contributed by atoms with E-state index in [0.717, 1.165) is 0 Å². The van der Waals surface area contributed by atoms with Gasteiger partial charge in [-0.05, 0) is 39.3 Å². The van der Waals surface area contributed by atoms with Gasteiger partial charge in [-0.1, -0.05) is 17.7 Å². The van der Waals surface area contributed by atoms with Crippen LogP contribution in [0.3, 0.4) is 0 Å². The summed E-state index contributed by atoms with van der Waals surface area (Å²) in [7, 11) is 1.30. The first-order valence-corrected chi connectivity index (χ1v) is 9.51. The Labute approximate surface area is 171 Å². The van der Waals surface area contributed by atoms with Crippen molar-refractivity contribution in [3.05, 3.63) is 34.0 Å². The summed E-state index contributed by atoms with van der Waals surface area (Å²) in [5.41, 5.74) is 7.29. The Kier molecular flexibility index (Phi) is 10.1. The van der Waals surface area contributed by atoms with Crippen molar-refractivity contribution in [3.63, 3.8) is 0 Å². The second-order valence-electron chi connectivity index (χ2n) is 6.18. The highest BCUT2D eigenvalue weighted by molar-refractivity contribution is 6.31. The molecule has 8 heteroatoms. The van der Waals surface area contributed by atoms with Crippen LogP contribution >= 0.6 is 11.6 Å². The molecule has 156 valence electrons. The van der Waals surface area contributed by atoms with Gasteiger partial charge in [0.1, 0.15) is 5.92 Å². The number of carbonyl (C=O) groups is 2. The predicted octanol–water partition coefficient (Wildman–Crippen LogP) is 2.75. The molecule has 0 aromatic heterocycles. The van der Waals surface area contributed by atoms with Gasteiger partial charge in [0, 0.05) is 23.2 Å². The molecule has 0 fully saturated rings. The van der Waals surface area contributed by atoms with Gasteiger partial charge in [0.2, 0.25) is 0 Å². The van der Waals surface area contributed by atoms with E-state index in [4.69, 9.17) is 31.5 Å². The maximum Gasteiger partial charge on any atom is 0.336 e. The van der Waals surface area contributed by atoms with Gasteiger partial charge in [-0.2, -0.15) is 0 Å². The van der Waals surface area contributed by atoms with E-state index in [-0.39, 0.29) is 18.8 Å². The van der Waals surface area contributed by atoms with Crippen molar-refractivity contribution < 1.29 is 23.8 Å². The van der Waals surface area contributed by atoms with Gasteiger partial charge < -0.3 is 19.9 Å². The van der Waals surface area contributed by atoms with E-state index in [1.165, 1.54) is 7.11 Å². The van der Waals surface area contributed by atoms with Crippen molar-refractivity contribution in [2.45, 2.75) is 27.7 Å². The molecule has 0 saturated heterocycles. The lowest BCUT2D eigenvalue weighted by molar-refractivity contribution is -0.144. The summed E-state index contributed by atoms with van der Waals surface area (Å²) < 4.78 is 15.7. The topological polar surface area (TPSA) is 100 Å². The third-order valence-corrected chi connectivity index (χ3v) is 4.75. The number of halogens is 1. The monoisotopic (exact) mass is 412 g/mol. The van der Waals surface area contributed by atoms with Crippen LogP contribution in [0.15, 0.2) is 39.0 Å². The maximum absolute atomic E-state index is 12.8. The molecular weight excluding hydrogens is 384 g/mol. The van der Waals surface area contributed by atoms with Gasteiger partial charge in [-0.15, -0.1) is 0 Å². The third kappa shape index (κ3) is 5.77. The molecule has 0 aromatic rings. The number of aliphatic imine (C=N–C) groups is 1. The summed E-state index contributed by atoms with van der Waals surface area (Å²) in [5.74, 6) is -2.53. The van der Waals surface area contributed by atoms with Crippen molar-refractivity contribution in [3.8, 4) is 0 Å². The largest absolute Gasteiger partial charge is 0.468 e. The average molecular weight is 413 g/mol. The third-order valence-electron chi connectivity index (χ3n) is 4.32. The zero-order valence-electron chi connectivity index (χ0n) is 17.1. The standard InChI is InChI=1S/C20H29ClN2O5/c1-6-8-14(21)12(3)16-17(19(24)26-5)13(4)23-15(11-27-10-9-22)18(16)20(25)28-7-2/h6,8,16-17H,7,9-11,22H2,1-5H3. The Balaban J connectivity index is 3.66. The van der Waals surface area contributed by atoms with E-state index < -0.39 is 23.8 Å². The van der Waals surface area contributed by atoms with Crippen LogP contribution in [0.25, 0.3) is 0 Å². The highest BCUT2D eigenvalue weighted by Crippen LogP contribution is 2.39. The fourth-order valence-corrected chi connectivity index (χ4v) is 3.32. The normalized spacial score (nSPS) is 20.8. The molecule has 1 aliphatic rings. The Morgan fingerprint density at radius 3 is 2.54 bits per heavy atom. The highest BCUT2D eigenvalue weighted by Gasteiger charge is 2.43. The number of methoxy groups -OCH3 is 1. The SMILES string of the molecule is CC=CC(Cl)=C(C)C1C(C(=O)OCC)=C(COCCN)N=C(C)C1C(=O)OC. The van der Waals surface area contributed by atoms with Crippen molar-refractivity contribution in [1.82, 2.24) is 0 Å². The zero-order valence-corrected chi connectivity index (χ0v) is 17.8. The number of nitrogens with two attached hydrogens (primary N) is 1. The minimum absolute atomic E-state index is 0.0710. The summed E-state index contributed by atoms with van der Waals surface area (Å²) >= 11 is 6.43. The van der Waals surface area contributed by atoms with E-state index in [9.17, 15) is 9.59 Å². The molecule has 0 spiro atoms. The number of nitrogens with zero attached hydrogens (tertiary/aromatic N) is 1. The molecule has 0 bridgehead atoms. The summed E-state index contributed by atoms with van der Waals surface area (Å²) in [4.78, 5) is 29.9. The van der Waals surface area contributed by atoms with Gasteiger partial charge in [-0.25, -0.2) is 4.79 Å². The lowest BCUT2D eigenvalue weighted by Crippen LogP contribution is -2.39. The van der Waals surface area contributed by atoms with Gasteiger partial charge in [-0.3, -0.25) is 9.79 Å². The minimum atomic E-state index is -0.790. The molecule has 2 atom stereocenters.